The van der Waals surface area contributed by atoms with Crippen LogP contribution in [0.4, 0.5) is 0 Å². The molecule has 1 aliphatic heterocycles. The van der Waals surface area contributed by atoms with Crippen LogP contribution in [0.1, 0.15) is 27.1 Å². The number of carbonyl (C=O) groups excluding carboxylic acids is 2. The van der Waals surface area contributed by atoms with Gasteiger partial charge in [-0.15, -0.1) is 0 Å². The average Bonchev–Trinajstić information content (AvgIpc) is 2.98. The van der Waals surface area contributed by atoms with Gasteiger partial charge in [-0.2, -0.15) is 0 Å². The Balaban J connectivity index is 1.68. The normalized spacial score (nSPS) is 14.3. The summed E-state index contributed by atoms with van der Waals surface area (Å²) in [5.74, 6) is 1.27. The van der Waals surface area contributed by atoms with E-state index in [9.17, 15) is 9.59 Å². The van der Waals surface area contributed by atoms with E-state index in [-0.39, 0.29) is 11.8 Å². The van der Waals surface area contributed by atoms with Crippen LogP contribution in [0.25, 0.3) is 0 Å². The SMILES string of the molecule is COc1ccc(C(=O)N2CCCN(C(=O)c3ccc(OC)c(Br)c3)CC2)cc1Br. The predicted molar refractivity (Wildman–Crippen MR) is 118 cm³/mol. The summed E-state index contributed by atoms with van der Waals surface area (Å²) < 4.78 is 11.9. The maximum Gasteiger partial charge on any atom is 0.253 e. The monoisotopic (exact) mass is 524 g/mol. The lowest BCUT2D eigenvalue weighted by Crippen LogP contribution is -2.37. The molecule has 2 aromatic carbocycles. The number of nitrogens with zero attached hydrogens (tertiary/aromatic N) is 2. The van der Waals surface area contributed by atoms with E-state index in [2.05, 4.69) is 31.9 Å². The standard InChI is InChI=1S/C21H22Br2N2O4/c1-28-18-6-4-14(12-16(18)22)20(26)24-8-3-9-25(11-10-24)21(27)15-5-7-19(29-2)17(23)13-15/h4-7,12-13H,3,8-11H2,1-2H3. The highest BCUT2D eigenvalue weighted by molar-refractivity contribution is 9.10. The van der Waals surface area contributed by atoms with Gasteiger partial charge in [0.25, 0.3) is 11.8 Å². The Hall–Kier alpha value is -2.06. The molecule has 1 heterocycles. The zero-order chi connectivity index (χ0) is 21.0. The van der Waals surface area contributed by atoms with Crippen LogP contribution in [-0.2, 0) is 0 Å². The van der Waals surface area contributed by atoms with Gasteiger partial charge in [0, 0.05) is 37.3 Å². The van der Waals surface area contributed by atoms with Crippen molar-refractivity contribution in [3.63, 3.8) is 0 Å². The zero-order valence-corrected chi connectivity index (χ0v) is 19.5. The van der Waals surface area contributed by atoms with Crippen molar-refractivity contribution in [2.24, 2.45) is 0 Å². The van der Waals surface area contributed by atoms with Crippen molar-refractivity contribution < 1.29 is 19.1 Å². The molecule has 3 rings (SSSR count). The van der Waals surface area contributed by atoms with Gasteiger partial charge in [0.05, 0.1) is 23.2 Å². The molecule has 0 radical (unpaired) electrons. The molecule has 2 aromatic rings. The summed E-state index contributed by atoms with van der Waals surface area (Å²) in [4.78, 5) is 29.4. The molecule has 1 aliphatic rings. The molecule has 0 unspecified atom stereocenters. The van der Waals surface area contributed by atoms with Gasteiger partial charge in [-0.3, -0.25) is 9.59 Å². The molecule has 1 fully saturated rings. The number of amides is 2. The molecule has 0 aliphatic carbocycles. The van der Waals surface area contributed by atoms with Gasteiger partial charge < -0.3 is 19.3 Å². The number of methoxy groups -OCH3 is 2. The van der Waals surface area contributed by atoms with Gasteiger partial charge in [-0.05, 0) is 74.7 Å². The number of benzene rings is 2. The van der Waals surface area contributed by atoms with Crippen LogP contribution < -0.4 is 9.47 Å². The Kier molecular flexibility index (Phi) is 7.18. The van der Waals surface area contributed by atoms with E-state index < -0.39 is 0 Å². The third kappa shape index (κ3) is 4.93. The highest BCUT2D eigenvalue weighted by Gasteiger charge is 2.24. The van der Waals surface area contributed by atoms with Crippen LogP contribution in [-0.4, -0.2) is 62.0 Å². The molecule has 0 N–H and O–H groups in total. The van der Waals surface area contributed by atoms with E-state index in [1.165, 1.54) is 0 Å². The number of halogens is 2. The van der Waals surface area contributed by atoms with E-state index in [0.29, 0.717) is 48.8 Å². The number of carbonyl (C=O) groups is 2. The van der Waals surface area contributed by atoms with Gasteiger partial charge in [-0.1, -0.05) is 0 Å². The highest BCUT2D eigenvalue weighted by Crippen LogP contribution is 2.27. The molecule has 8 heteroatoms. The minimum atomic E-state index is -0.0464. The molecule has 0 aromatic heterocycles. The quantitative estimate of drug-likeness (QED) is 0.599. The first-order valence-electron chi connectivity index (χ1n) is 9.20. The summed E-state index contributed by atoms with van der Waals surface area (Å²) in [6.45, 7) is 2.20. The lowest BCUT2D eigenvalue weighted by atomic mass is 10.2. The van der Waals surface area contributed by atoms with E-state index in [0.717, 1.165) is 15.4 Å². The number of hydrogen-bond donors (Lipinski definition) is 0. The van der Waals surface area contributed by atoms with Crippen LogP contribution in [0.5, 0.6) is 11.5 Å². The van der Waals surface area contributed by atoms with Crippen LogP contribution in [0.3, 0.4) is 0 Å². The third-order valence-electron chi connectivity index (χ3n) is 4.87. The summed E-state index contributed by atoms with van der Waals surface area (Å²) in [6.07, 6.45) is 0.728. The molecular weight excluding hydrogens is 504 g/mol. The fourth-order valence-corrected chi connectivity index (χ4v) is 4.37. The minimum Gasteiger partial charge on any atom is -0.496 e. The van der Waals surface area contributed by atoms with Crippen molar-refractivity contribution in [1.82, 2.24) is 9.80 Å². The lowest BCUT2D eigenvalue weighted by Gasteiger charge is -2.22. The van der Waals surface area contributed by atoms with Crippen LogP contribution in [0.15, 0.2) is 45.3 Å². The van der Waals surface area contributed by atoms with Crippen molar-refractivity contribution >= 4 is 43.7 Å². The van der Waals surface area contributed by atoms with Gasteiger partial charge in [0.1, 0.15) is 11.5 Å². The van der Waals surface area contributed by atoms with Crippen LogP contribution in [0.2, 0.25) is 0 Å². The van der Waals surface area contributed by atoms with Gasteiger partial charge in [0.2, 0.25) is 0 Å². The smallest absolute Gasteiger partial charge is 0.253 e. The summed E-state index contributed by atoms with van der Waals surface area (Å²) in [5.41, 5.74) is 1.19. The fraction of sp³-hybridized carbons (Fsp3) is 0.333. The van der Waals surface area contributed by atoms with Crippen molar-refractivity contribution in [3.8, 4) is 11.5 Å². The van der Waals surface area contributed by atoms with Gasteiger partial charge in [0.15, 0.2) is 0 Å². The van der Waals surface area contributed by atoms with Crippen molar-refractivity contribution in [1.29, 1.82) is 0 Å². The molecule has 6 nitrogen and oxygen atoms in total. The molecule has 0 bridgehead atoms. The Morgan fingerprint density at radius 3 is 1.52 bits per heavy atom. The second kappa shape index (κ2) is 9.63. The minimum absolute atomic E-state index is 0.0464. The zero-order valence-electron chi connectivity index (χ0n) is 16.3. The Morgan fingerprint density at radius 2 is 1.17 bits per heavy atom. The second-order valence-corrected chi connectivity index (χ2v) is 8.35. The molecule has 1 saturated heterocycles. The Labute approximate surface area is 187 Å². The Morgan fingerprint density at radius 1 is 0.759 bits per heavy atom. The molecule has 0 saturated carbocycles. The van der Waals surface area contributed by atoms with Crippen molar-refractivity contribution in [2.75, 3.05) is 40.4 Å². The van der Waals surface area contributed by atoms with E-state index in [1.807, 2.05) is 0 Å². The van der Waals surface area contributed by atoms with E-state index in [1.54, 1.807) is 60.4 Å². The van der Waals surface area contributed by atoms with E-state index in [4.69, 9.17) is 9.47 Å². The predicted octanol–water partition coefficient (Wildman–Crippen LogP) is 4.22. The summed E-state index contributed by atoms with van der Waals surface area (Å²) in [7, 11) is 3.17. The molecule has 0 spiro atoms. The summed E-state index contributed by atoms with van der Waals surface area (Å²) in [6, 6.07) is 10.6. The fourth-order valence-electron chi connectivity index (χ4n) is 3.29. The molecule has 2 amide bonds. The van der Waals surface area contributed by atoms with Crippen molar-refractivity contribution in [2.45, 2.75) is 6.42 Å². The van der Waals surface area contributed by atoms with E-state index >= 15 is 0 Å². The molecule has 29 heavy (non-hydrogen) atoms. The first-order chi connectivity index (χ1) is 13.9. The number of rotatable bonds is 4. The first kappa shape index (κ1) is 21.6. The third-order valence-corrected chi connectivity index (χ3v) is 6.11. The largest absolute Gasteiger partial charge is 0.496 e. The van der Waals surface area contributed by atoms with Crippen LogP contribution >= 0.6 is 31.9 Å². The van der Waals surface area contributed by atoms with Crippen LogP contribution in [0, 0.1) is 0 Å². The molecule has 0 atom stereocenters. The number of hydrogen-bond acceptors (Lipinski definition) is 4. The summed E-state index contributed by atoms with van der Waals surface area (Å²) in [5, 5.41) is 0. The van der Waals surface area contributed by atoms with Gasteiger partial charge in [-0.25, -0.2) is 0 Å². The lowest BCUT2D eigenvalue weighted by molar-refractivity contribution is 0.0718. The van der Waals surface area contributed by atoms with Crippen molar-refractivity contribution in [3.05, 3.63) is 56.5 Å². The Bertz CT molecular complexity index is 846. The number of ether oxygens (including phenoxy) is 2. The maximum absolute atomic E-state index is 12.9. The summed E-state index contributed by atoms with van der Waals surface area (Å²) >= 11 is 6.85. The average molecular weight is 526 g/mol. The first-order valence-corrected chi connectivity index (χ1v) is 10.8. The van der Waals surface area contributed by atoms with Gasteiger partial charge >= 0.3 is 0 Å². The maximum atomic E-state index is 12.9. The highest BCUT2D eigenvalue weighted by atomic mass is 79.9. The topological polar surface area (TPSA) is 59.1 Å². The molecular formula is C21H22Br2N2O4. The molecule has 154 valence electrons. The second-order valence-electron chi connectivity index (χ2n) is 6.64.